The Kier molecular flexibility index (Phi) is 3.26. The lowest BCUT2D eigenvalue weighted by molar-refractivity contribution is -0.126. The molecule has 4 heteroatoms. The van der Waals surface area contributed by atoms with Crippen molar-refractivity contribution in [3.8, 4) is 0 Å². The highest BCUT2D eigenvalue weighted by Crippen LogP contribution is 2.27. The zero-order chi connectivity index (χ0) is 10.7. The molecule has 0 aromatic rings. The van der Waals surface area contributed by atoms with Crippen LogP contribution in [0.1, 0.15) is 38.5 Å². The van der Waals surface area contributed by atoms with Crippen LogP contribution in [0.15, 0.2) is 0 Å². The predicted octanol–water partition coefficient (Wildman–Crippen LogP) is 0.553. The van der Waals surface area contributed by atoms with Crippen molar-refractivity contribution >= 4 is 5.91 Å². The second kappa shape index (κ2) is 4.49. The Morgan fingerprint density at radius 3 is 2.67 bits per heavy atom. The molecule has 15 heavy (non-hydrogen) atoms. The van der Waals surface area contributed by atoms with Gasteiger partial charge >= 0.3 is 0 Å². The van der Waals surface area contributed by atoms with E-state index in [1.54, 1.807) is 0 Å². The summed E-state index contributed by atoms with van der Waals surface area (Å²) in [6, 6.07) is 0.416. The van der Waals surface area contributed by atoms with Gasteiger partial charge in [0, 0.05) is 11.6 Å². The van der Waals surface area contributed by atoms with Crippen LogP contribution in [0.5, 0.6) is 0 Å². The number of nitrogens with one attached hydrogen (secondary N) is 1. The molecular formula is C11H20N2O2. The number of nitrogens with two attached hydrogens (primary N) is 1. The van der Waals surface area contributed by atoms with Crippen molar-refractivity contribution in [3.63, 3.8) is 0 Å². The van der Waals surface area contributed by atoms with E-state index in [1.165, 1.54) is 12.8 Å². The van der Waals surface area contributed by atoms with Crippen LogP contribution in [0.2, 0.25) is 0 Å². The lowest BCUT2D eigenvalue weighted by Crippen LogP contribution is -2.42. The first-order valence-electron chi connectivity index (χ1n) is 5.84. The van der Waals surface area contributed by atoms with Gasteiger partial charge in [0.2, 0.25) is 5.91 Å². The van der Waals surface area contributed by atoms with Crippen molar-refractivity contribution < 1.29 is 9.53 Å². The standard InChI is InChI=1S/C11H20N2O2/c12-11(5-1-2-6-11)8-15-7-10(14)13-9-3-4-9/h9H,1-8,12H2,(H,13,14). The summed E-state index contributed by atoms with van der Waals surface area (Å²) >= 11 is 0. The number of amides is 1. The van der Waals surface area contributed by atoms with E-state index in [9.17, 15) is 4.79 Å². The van der Waals surface area contributed by atoms with Crippen molar-refractivity contribution in [2.45, 2.75) is 50.1 Å². The molecule has 0 aromatic carbocycles. The van der Waals surface area contributed by atoms with E-state index in [0.717, 1.165) is 25.7 Å². The first kappa shape index (κ1) is 10.9. The van der Waals surface area contributed by atoms with E-state index in [4.69, 9.17) is 10.5 Å². The van der Waals surface area contributed by atoms with E-state index < -0.39 is 0 Å². The first-order valence-corrected chi connectivity index (χ1v) is 5.84. The molecule has 2 rings (SSSR count). The third-order valence-electron chi connectivity index (χ3n) is 3.16. The summed E-state index contributed by atoms with van der Waals surface area (Å²) in [6.07, 6.45) is 6.66. The molecule has 2 aliphatic rings. The van der Waals surface area contributed by atoms with Gasteiger partial charge in [-0.15, -0.1) is 0 Å². The Morgan fingerprint density at radius 1 is 1.40 bits per heavy atom. The molecule has 2 aliphatic carbocycles. The average Bonchev–Trinajstić information content (AvgIpc) is 2.88. The topological polar surface area (TPSA) is 64.3 Å². The van der Waals surface area contributed by atoms with Gasteiger partial charge in [0.1, 0.15) is 6.61 Å². The molecule has 3 N–H and O–H groups in total. The number of carbonyl (C=O) groups is 1. The molecule has 0 heterocycles. The number of carbonyl (C=O) groups excluding carboxylic acids is 1. The van der Waals surface area contributed by atoms with Crippen LogP contribution in [0, 0.1) is 0 Å². The zero-order valence-electron chi connectivity index (χ0n) is 9.13. The molecule has 86 valence electrons. The predicted molar refractivity (Wildman–Crippen MR) is 57.4 cm³/mol. The van der Waals surface area contributed by atoms with E-state index in [2.05, 4.69) is 5.32 Å². The SMILES string of the molecule is NC1(COCC(=O)NC2CC2)CCCC1. The van der Waals surface area contributed by atoms with Crippen LogP contribution >= 0.6 is 0 Å². The maximum atomic E-state index is 11.3. The highest BCUT2D eigenvalue weighted by molar-refractivity contribution is 5.77. The van der Waals surface area contributed by atoms with Gasteiger partial charge in [-0.2, -0.15) is 0 Å². The third kappa shape index (κ3) is 3.47. The average molecular weight is 212 g/mol. The highest BCUT2D eigenvalue weighted by atomic mass is 16.5. The highest BCUT2D eigenvalue weighted by Gasteiger charge is 2.30. The van der Waals surface area contributed by atoms with Crippen molar-refractivity contribution in [1.29, 1.82) is 0 Å². The Bertz CT molecular complexity index is 233. The Hall–Kier alpha value is -0.610. The van der Waals surface area contributed by atoms with E-state index in [1.807, 2.05) is 0 Å². The summed E-state index contributed by atoms with van der Waals surface area (Å²) in [4.78, 5) is 11.3. The lowest BCUT2D eigenvalue weighted by atomic mass is 10.0. The fraction of sp³-hybridized carbons (Fsp3) is 0.909. The minimum atomic E-state index is -0.167. The summed E-state index contributed by atoms with van der Waals surface area (Å²) in [5, 5.41) is 2.89. The van der Waals surface area contributed by atoms with Crippen LogP contribution in [0.3, 0.4) is 0 Å². The van der Waals surface area contributed by atoms with E-state index in [0.29, 0.717) is 12.6 Å². The molecule has 0 atom stereocenters. The van der Waals surface area contributed by atoms with Gasteiger partial charge in [-0.25, -0.2) is 0 Å². The molecule has 0 aromatic heterocycles. The van der Waals surface area contributed by atoms with Crippen molar-refractivity contribution in [3.05, 3.63) is 0 Å². The first-order chi connectivity index (χ1) is 7.18. The monoisotopic (exact) mass is 212 g/mol. The zero-order valence-corrected chi connectivity index (χ0v) is 9.13. The van der Waals surface area contributed by atoms with Crippen molar-refractivity contribution in [2.24, 2.45) is 5.73 Å². The maximum Gasteiger partial charge on any atom is 0.246 e. The molecule has 0 radical (unpaired) electrons. The molecule has 0 unspecified atom stereocenters. The molecule has 1 amide bonds. The van der Waals surface area contributed by atoms with Gasteiger partial charge in [-0.1, -0.05) is 12.8 Å². The van der Waals surface area contributed by atoms with Gasteiger partial charge in [0.15, 0.2) is 0 Å². The smallest absolute Gasteiger partial charge is 0.246 e. The summed E-state index contributed by atoms with van der Waals surface area (Å²) < 4.78 is 5.37. The molecule has 2 fully saturated rings. The summed E-state index contributed by atoms with van der Waals surface area (Å²) in [6.45, 7) is 0.681. The van der Waals surface area contributed by atoms with Crippen LogP contribution in [-0.2, 0) is 9.53 Å². The normalized spacial score (nSPS) is 24.1. The van der Waals surface area contributed by atoms with Gasteiger partial charge in [0.25, 0.3) is 0 Å². The fourth-order valence-electron chi connectivity index (χ4n) is 2.07. The number of hydrogen-bond donors (Lipinski definition) is 2. The van der Waals surface area contributed by atoms with Gasteiger partial charge < -0.3 is 15.8 Å². The quantitative estimate of drug-likeness (QED) is 0.699. The van der Waals surface area contributed by atoms with Crippen LogP contribution < -0.4 is 11.1 Å². The lowest BCUT2D eigenvalue weighted by Gasteiger charge is -2.22. The van der Waals surface area contributed by atoms with Crippen LogP contribution in [0.25, 0.3) is 0 Å². The number of ether oxygens (including phenoxy) is 1. The molecule has 2 saturated carbocycles. The minimum Gasteiger partial charge on any atom is -0.370 e. The number of hydrogen-bond acceptors (Lipinski definition) is 3. The minimum absolute atomic E-state index is 0.000836. The third-order valence-corrected chi connectivity index (χ3v) is 3.16. The van der Waals surface area contributed by atoms with Crippen LogP contribution in [0.4, 0.5) is 0 Å². The molecule has 0 saturated heterocycles. The Morgan fingerprint density at radius 2 is 2.07 bits per heavy atom. The molecule has 0 aliphatic heterocycles. The Labute approximate surface area is 90.5 Å². The van der Waals surface area contributed by atoms with Gasteiger partial charge in [-0.3, -0.25) is 4.79 Å². The molecule has 0 spiro atoms. The van der Waals surface area contributed by atoms with Gasteiger partial charge in [-0.05, 0) is 25.7 Å². The summed E-state index contributed by atoms with van der Waals surface area (Å²) in [5.41, 5.74) is 5.94. The van der Waals surface area contributed by atoms with Gasteiger partial charge in [0.05, 0.1) is 6.61 Å². The van der Waals surface area contributed by atoms with Crippen molar-refractivity contribution in [1.82, 2.24) is 5.32 Å². The maximum absolute atomic E-state index is 11.3. The largest absolute Gasteiger partial charge is 0.370 e. The molecular weight excluding hydrogens is 192 g/mol. The second-order valence-corrected chi connectivity index (χ2v) is 4.90. The Balaban J connectivity index is 1.58. The van der Waals surface area contributed by atoms with E-state index >= 15 is 0 Å². The molecule has 4 nitrogen and oxygen atoms in total. The second-order valence-electron chi connectivity index (χ2n) is 4.90. The summed E-state index contributed by atoms with van der Waals surface area (Å²) in [7, 11) is 0. The van der Waals surface area contributed by atoms with E-state index in [-0.39, 0.29) is 18.1 Å². The fourth-order valence-corrected chi connectivity index (χ4v) is 2.07. The van der Waals surface area contributed by atoms with Crippen molar-refractivity contribution in [2.75, 3.05) is 13.2 Å². The molecule has 0 bridgehead atoms. The summed E-state index contributed by atoms with van der Waals surface area (Å²) in [5.74, 6) is -0.000836. The number of rotatable bonds is 5. The van der Waals surface area contributed by atoms with Crippen LogP contribution in [-0.4, -0.2) is 30.7 Å².